The minimum Gasteiger partial charge on any atom is -0.490 e. The first-order valence-corrected chi connectivity index (χ1v) is 10.2. The molecule has 0 radical (unpaired) electrons. The standard InChI is InChI=1S/C23H25BrN2O2/c1-3-27-22-12-20(15-26-14-19-5-4-10-25-13-19)11-21(24)23(22)28-16-18-8-6-17(2)7-9-18/h4-13,26H,3,14-16H2,1-2H3. The van der Waals surface area contributed by atoms with Crippen LogP contribution in [-0.4, -0.2) is 11.6 Å². The van der Waals surface area contributed by atoms with E-state index in [1.165, 1.54) is 5.56 Å². The maximum Gasteiger partial charge on any atom is 0.175 e. The van der Waals surface area contributed by atoms with Crippen LogP contribution in [0.15, 0.2) is 65.4 Å². The van der Waals surface area contributed by atoms with Gasteiger partial charge in [0.1, 0.15) is 6.61 Å². The van der Waals surface area contributed by atoms with Gasteiger partial charge in [-0.05, 0) is 64.7 Å². The summed E-state index contributed by atoms with van der Waals surface area (Å²) in [7, 11) is 0. The molecule has 0 amide bonds. The van der Waals surface area contributed by atoms with Crippen LogP contribution in [0.2, 0.25) is 0 Å². The number of pyridine rings is 1. The molecule has 0 saturated heterocycles. The first kappa shape index (κ1) is 20.4. The number of hydrogen-bond acceptors (Lipinski definition) is 4. The van der Waals surface area contributed by atoms with E-state index in [1.54, 1.807) is 6.20 Å². The van der Waals surface area contributed by atoms with Crippen molar-refractivity contribution < 1.29 is 9.47 Å². The third kappa shape index (κ3) is 5.81. The van der Waals surface area contributed by atoms with Gasteiger partial charge in [-0.2, -0.15) is 0 Å². The van der Waals surface area contributed by atoms with Crippen molar-refractivity contribution in [2.45, 2.75) is 33.5 Å². The van der Waals surface area contributed by atoms with E-state index in [-0.39, 0.29) is 0 Å². The monoisotopic (exact) mass is 440 g/mol. The number of rotatable bonds is 9. The summed E-state index contributed by atoms with van der Waals surface area (Å²) < 4.78 is 12.8. The summed E-state index contributed by atoms with van der Waals surface area (Å²) in [5.41, 5.74) is 4.65. The topological polar surface area (TPSA) is 43.4 Å². The molecule has 1 heterocycles. The lowest BCUT2D eigenvalue weighted by Crippen LogP contribution is -2.13. The normalized spacial score (nSPS) is 10.7. The Labute approximate surface area is 175 Å². The van der Waals surface area contributed by atoms with Crippen molar-refractivity contribution in [1.82, 2.24) is 10.3 Å². The van der Waals surface area contributed by atoms with Crippen LogP contribution in [0, 0.1) is 6.92 Å². The molecule has 1 N–H and O–H groups in total. The summed E-state index contributed by atoms with van der Waals surface area (Å²) in [6, 6.07) is 16.5. The Balaban J connectivity index is 1.67. The van der Waals surface area contributed by atoms with Crippen molar-refractivity contribution in [3.63, 3.8) is 0 Å². The van der Waals surface area contributed by atoms with Gasteiger partial charge >= 0.3 is 0 Å². The van der Waals surface area contributed by atoms with E-state index < -0.39 is 0 Å². The van der Waals surface area contributed by atoms with Gasteiger partial charge in [0, 0.05) is 25.5 Å². The largest absolute Gasteiger partial charge is 0.490 e. The number of halogens is 1. The number of aryl methyl sites for hydroxylation is 1. The van der Waals surface area contributed by atoms with E-state index >= 15 is 0 Å². The van der Waals surface area contributed by atoms with E-state index in [0.717, 1.165) is 45.8 Å². The van der Waals surface area contributed by atoms with Crippen LogP contribution in [0.25, 0.3) is 0 Å². The molecule has 0 bridgehead atoms. The maximum absolute atomic E-state index is 6.07. The Morgan fingerprint density at radius 1 is 0.964 bits per heavy atom. The second kappa shape index (κ2) is 10.2. The zero-order chi connectivity index (χ0) is 19.8. The molecule has 0 fully saturated rings. The quantitative estimate of drug-likeness (QED) is 0.482. The number of hydrogen-bond donors (Lipinski definition) is 1. The fourth-order valence-corrected chi connectivity index (χ4v) is 3.42. The lowest BCUT2D eigenvalue weighted by atomic mass is 10.1. The summed E-state index contributed by atoms with van der Waals surface area (Å²) >= 11 is 3.65. The first-order chi connectivity index (χ1) is 13.7. The molecule has 0 aliphatic heterocycles. The lowest BCUT2D eigenvalue weighted by Gasteiger charge is -2.16. The van der Waals surface area contributed by atoms with Crippen molar-refractivity contribution >= 4 is 15.9 Å². The summed E-state index contributed by atoms with van der Waals surface area (Å²) in [6.45, 7) is 6.63. The molecule has 146 valence electrons. The van der Waals surface area contributed by atoms with Crippen LogP contribution in [0.1, 0.15) is 29.2 Å². The molecule has 0 atom stereocenters. The number of ether oxygens (including phenoxy) is 2. The SMILES string of the molecule is CCOc1cc(CNCc2cccnc2)cc(Br)c1OCc1ccc(C)cc1. The summed E-state index contributed by atoms with van der Waals surface area (Å²) in [5.74, 6) is 1.49. The van der Waals surface area contributed by atoms with Gasteiger partial charge in [0.15, 0.2) is 11.5 Å². The first-order valence-electron chi connectivity index (χ1n) is 9.39. The van der Waals surface area contributed by atoms with E-state index in [9.17, 15) is 0 Å². The van der Waals surface area contributed by atoms with E-state index in [1.807, 2.05) is 25.3 Å². The van der Waals surface area contributed by atoms with Crippen molar-refractivity contribution in [3.05, 3.63) is 87.7 Å². The average Bonchev–Trinajstić information content (AvgIpc) is 2.70. The van der Waals surface area contributed by atoms with Crippen molar-refractivity contribution in [1.29, 1.82) is 0 Å². The number of aromatic nitrogens is 1. The molecular formula is C23H25BrN2O2. The highest BCUT2D eigenvalue weighted by Crippen LogP contribution is 2.37. The van der Waals surface area contributed by atoms with Gasteiger partial charge in [0.2, 0.25) is 0 Å². The average molecular weight is 441 g/mol. The van der Waals surface area contributed by atoms with Gasteiger partial charge in [-0.3, -0.25) is 4.98 Å². The van der Waals surface area contributed by atoms with E-state index in [0.29, 0.717) is 13.2 Å². The van der Waals surface area contributed by atoms with Gasteiger partial charge < -0.3 is 14.8 Å². The second-order valence-corrected chi connectivity index (χ2v) is 7.43. The van der Waals surface area contributed by atoms with Gasteiger partial charge in [0.05, 0.1) is 11.1 Å². The van der Waals surface area contributed by atoms with Crippen LogP contribution in [0.3, 0.4) is 0 Å². The Kier molecular flexibility index (Phi) is 7.46. The zero-order valence-electron chi connectivity index (χ0n) is 16.2. The van der Waals surface area contributed by atoms with Crippen LogP contribution in [0.4, 0.5) is 0 Å². The minimum atomic E-state index is 0.498. The number of benzene rings is 2. The predicted octanol–water partition coefficient (Wildman–Crippen LogP) is 5.42. The van der Waals surface area contributed by atoms with E-state index in [2.05, 4.69) is 69.6 Å². The molecule has 0 saturated carbocycles. The fraction of sp³-hybridized carbons (Fsp3) is 0.261. The van der Waals surface area contributed by atoms with Crippen molar-refractivity contribution in [2.24, 2.45) is 0 Å². The number of nitrogens with zero attached hydrogens (tertiary/aromatic N) is 1. The van der Waals surface area contributed by atoms with Crippen molar-refractivity contribution in [2.75, 3.05) is 6.61 Å². The third-order valence-corrected chi connectivity index (χ3v) is 4.84. The molecule has 2 aromatic carbocycles. The van der Waals surface area contributed by atoms with E-state index in [4.69, 9.17) is 9.47 Å². The van der Waals surface area contributed by atoms with Crippen LogP contribution in [-0.2, 0) is 19.7 Å². The smallest absolute Gasteiger partial charge is 0.175 e. The molecule has 0 aliphatic carbocycles. The van der Waals surface area contributed by atoms with Gasteiger partial charge in [0.25, 0.3) is 0 Å². The van der Waals surface area contributed by atoms with Crippen LogP contribution >= 0.6 is 15.9 Å². The van der Waals surface area contributed by atoms with Gasteiger partial charge in [-0.25, -0.2) is 0 Å². The fourth-order valence-electron chi connectivity index (χ4n) is 2.82. The Morgan fingerprint density at radius 2 is 1.75 bits per heavy atom. The summed E-state index contributed by atoms with van der Waals surface area (Å²) in [4.78, 5) is 4.14. The molecule has 0 unspecified atom stereocenters. The molecule has 0 spiro atoms. The van der Waals surface area contributed by atoms with Crippen LogP contribution < -0.4 is 14.8 Å². The minimum absolute atomic E-state index is 0.498. The molecule has 5 heteroatoms. The molecule has 4 nitrogen and oxygen atoms in total. The Morgan fingerprint density at radius 3 is 2.46 bits per heavy atom. The Bertz CT molecular complexity index is 883. The highest BCUT2D eigenvalue weighted by Gasteiger charge is 2.13. The highest BCUT2D eigenvalue weighted by molar-refractivity contribution is 9.10. The molecule has 3 rings (SSSR count). The van der Waals surface area contributed by atoms with Crippen LogP contribution in [0.5, 0.6) is 11.5 Å². The molecule has 1 aromatic heterocycles. The predicted molar refractivity (Wildman–Crippen MR) is 116 cm³/mol. The highest BCUT2D eigenvalue weighted by atomic mass is 79.9. The third-order valence-electron chi connectivity index (χ3n) is 4.25. The molecular weight excluding hydrogens is 416 g/mol. The molecule has 3 aromatic rings. The molecule has 28 heavy (non-hydrogen) atoms. The van der Waals surface area contributed by atoms with Gasteiger partial charge in [-0.15, -0.1) is 0 Å². The second-order valence-electron chi connectivity index (χ2n) is 6.58. The number of nitrogens with one attached hydrogen (secondary N) is 1. The van der Waals surface area contributed by atoms with Crippen molar-refractivity contribution in [3.8, 4) is 11.5 Å². The lowest BCUT2D eigenvalue weighted by molar-refractivity contribution is 0.267. The summed E-state index contributed by atoms with van der Waals surface area (Å²) in [5, 5.41) is 3.44. The molecule has 0 aliphatic rings. The van der Waals surface area contributed by atoms with Gasteiger partial charge in [-0.1, -0.05) is 35.9 Å². The summed E-state index contributed by atoms with van der Waals surface area (Å²) in [6.07, 6.45) is 3.65. The zero-order valence-corrected chi connectivity index (χ0v) is 17.8. The maximum atomic E-state index is 6.07. The Hall–Kier alpha value is -2.37.